The maximum absolute atomic E-state index is 5.64. The van der Waals surface area contributed by atoms with Gasteiger partial charge in [0.05, 0.1) is 0 Å². The molecule has 0 atom stereocenters. The molecule has 0 aromatic heterocycles. The molecule has 13 heavy (non-hydrogen) atoms. The number of ether oxygens (including phenoxy) is 1. The number of fused-ring (bicyclic) bond motifs is 1. The quantitative estimate of drug-likeness (QED) is 0.583. The highest BCUT2D eigenvalue weighted by Crippen LogP contribution is 2.28. The molecule has 0 radical (unpaired) electrons. The first-order valence-electron chi connectivity index (χ1n) is 4.42. The average molecular weight is 172 g/mol. The van der Waals surface area contributed by atoms with Crippen LogP contribution < -0.4 is 4.74 Å². The van der Waals surface area contributed by atoms with Crippen molar-refractivity contribution in [3.63, 3.8) is 0 Å². The van der Waals surface area contributed by atoms with Gasteiger partial charge in [0.25, 0.3) is 0 Å². The third-order valence-corrected chi connectivity index (χ3v) is 2.11. The van der Waals surface area contributed by atoms with E-state index in [1.54, 1.807) is 0 Å². The molecule has 2 rings (SSSR count). The fourth-order valence-corrected chi connectivity index (χ4v) is 1.36. The molecule has 1 heteroatoms. The fourth-order valence-electron chi connectivity index (χ4n) is 1.36. The van der Waals surface area contributed by atoms with E-state index in [1.807, 2.05) is 19.1 Å². The largest absolute Gasteiger partial charge is 0.457 e. The minimum absolute atomic E-state index is 0.915. The van der Waals surface area contributed by atoms with E-state index in [9.17, 15) is 0 Å². The Morgan fingerprint density at radius 2 is 2.08 bits per heavy atom. The summed E-state index contributed by atoms with van der Waals surface area (Å²) in [7, 11) is 0. The number of hydrogen-bond acceptors (Lipinski definition) is 1. The second-order valence-corrected chi connectivity index (χ2v) is 3.17. The summed E-state index contributed by atoms with van der Waals surface area (Å²) in [4.78, 5) is 0. The summed E-state index contributed by atoms with van der Waals surface area (Å²) in [6, 6.07) is 6.23. The van der Waals surface area contributed by atoms with Gasteiger partial charge in [0.15, 0.2) is 0 Å². The van der Waals surface area contributed by atoms with Crippen molar-refractivity contribution in [1.82, 2.24) is 0 Å². The molecule has 0 spiro atoms. The zero-order valence-corrected chi connectivity index (χ0v) is 7.87. The summed E-state index contributed by atoms with van der Waals surface area (Å²) in [6.07, 6.45) is 6.02. The molecule has 0 unspecified atom stereocenters. The number of benzene rings is 1. The molecular weight excluding hydrogens is 160 g/mol. The fraction of sp³-hybridized carbons (Fsp3) is 0.167. The summed E-state index contributed by atoms with van der Waals surface area (Å²) in [5.41, 5.74) is 2.38. The Morgan fingerprint density at radius 1 is 1.23 bits per heavy atom. The molecular formula is C12H12O. The van der Waals surface area contributed by atoms with Crippen molar-refractivity contribution in [2.45, 2.75) is 13.8 Å². The summed E-state index contributed by atoms with van der Waals surface area (Å²) >= 11 is 0. The normalized spacial score (nSPS) is 16.9. The third kappa shape index (κ3) is 1.50. The Labute approximate surface area is 78.3 Å². The number of allylic oxidation sites excluding steroid dienone is 2. The van der Waals surface area contributed by atoms with Crippen LogP contribution in [-0.4, -0.2) is 0 Å². The van der Waals surface area contributed by atoms with E-state index in [2.05, 4.69) is 31.2 Å². The molecule has 1 aliphatic heterocycles. The Hall–Kier alpha value is -1.50. The second kappa shape index (κ2) is 3.09. The molecule has 1 heterocycles. The van der Waals surface area contributed by atoms with Crippen LogP contribution in [0.4, 0.5) is 0 Å². The van der Waals surface area contributed by atoms with Crippen LogP contribution in [0.15, 0.2) is 36.1 Å². The monoisotopic (exact) mass is 172 g/mol. The Morgan fingerprint density at radius 3 is 2.85 bits per heavy atom. The number of aryl methyl sites for hydroxylation is 1. The lowest BCUT2D eigenvalue weighted by molar-refractivity contribution is 0.438. The van der Waals surface area contributed by atoms with E-state index in [0.29, 0.717) is 0 Å². The first-order valence-corrected chi connectivity index (χ1v) is 4.42. The van der Waals surface area contributed by atoms with Gasteiger partial charge in [-0.2, -0.15) is 0 Å². The first kappa shape index (κ1) is 8.11. The lowest BCUT2D eigenvalue weighted by atomic mass is 10.1. The first-order chi connectivity index (χ1) is 6.29. The lowest BCUT2D eigenvalue weighted by Crippen LogP contribution is -1.98. The van der Waals surface area contributed by atoms with Crippen LogP contribution in [0.5, 0.6) is 5.75 Å². The molecule has 1 nitrogen and oxygen atoms in total. The molecule has 66 valence electrons. The van der Waals surface area contributed by atoms with Gasteiger partial charge in [-0.15, -0.1) is 0 Å². The molecule has 0 aliphatic carbocycles. The van der Waals surface area contributed by atoms with E-state index < -0.39 is 0 Å². The molecule has 0 N–H and O–H groups in total. The van der Waals surface area contributed by atoms with Crippen molar-refractivity contribution in [2.24, 2.45) is 0 Å². The van der Waals surface area contributed by atoms with Crippen LogP contribution in [0.2, 0.25) is 0 Å². The van der Waals surface area contributed by atoms with E-state index in [1.165, 1.54) is 5.56 Å². The van der Waals surface area contributed by atoms with E-state index in [-0.39, 0.29) is 0 Å². The average Bonchev–Trinajstić information content (AvgIpc) is 2.16. The van der Waals surface area contributed by atoms with Crippen LogP contribution in [0.1, 0.15) is 18.1 Å². The van der Waals surface area contributed by atoms with Gasteiger partial charge in [-0.1, -0.05) is 12.1 Å². The van der Waals surface area contributed by atoms with Crippen molar-refractivity contribution >= 4 is 6.08 Å². The van der Waals surface area contributed by atoms with Crippen molar-refractivity contribution < 1.29 is 4.74 Å². The Balaban J connectivity index is 2.47. The SMILES string of the molecule is CC=C1C=Cc2ccc(C)cc2O1. The van der Waals surface area contributed by atoms with E-state index in [0.717, 1.165) is 17.1 Å². The van der Waals surface area contributed by atoms with E-state index >= 15 is 0 Å². The van der Waals surface area contributed by atoms with Gasteiger partial charge in [0.2, 0.25) is 0 Å². The summed E-state index contributed by atoms with van der Waals surface area (Å²) < 4.78 is 5.64. The van der Waals surface area contributed by atoms with Gasteiger partial charge in [-0.25, -0.2) is 0 Å². The second-order valence-electron chi connectivity index (χ2n) is 3.17. The highest BCUT2D eigenvalue weighted by molar-refractivity contribution is 5.63. The van der Waals surface area contributed by atoms with Crippen LogP contribution >= 0.6 is 0 Å². The van der Waals surface area contributed by atoms with Crippen LogP contribution in [0.25, 0.3) is 6.08 Å². The molecule has 0 fully saturated rings. The zero-order valence-electron chi connectivity index (χ0n) is 7.87. The topological polar surface area (TPSA) is 9.23 Å². The van der Waals surface area contributed by atoms with Crippen LogP contribution in [0.3, 0.4) is 0 Å². The van der Waals surface area contributed by atoms with Gasteiger partial charge < -0.3 is 4.74 Å². The predicted octanol–water partition coefficient (Wildman–Crippen LogP) is 3.30. The zero-order chi connectivity index (χ0) is 9.26. The van der Waals surface area contributed by atoms with Gasteiger partial charge in [-0.05, 0) is 43.7 Å². The number of hydrogen-bond donors (Lipinski definition) is 0. The van der Waals surface area contributed by atoms with Gasteiger partial charge in [-0.3, -0.25) is 0 Å². The minimum atomic E-state index is 0.915. The molecule has 1 aliphatic rings. The lowest BCUT2D eigenvalue weighted by Gasteiger charge is -2.14. The van der Waals surface area contributed by atoms with Crippen LogP contribution in [-0.2, 0) is 0 Å². The maximum Gasteiger partial charge on any atom is 0.134 e. The predicted molar refractivity (Wildman–Crippen MR) is 54.6 cm³/mol. The molecule has 1 aromatic carbocycles. The molecule has 0 amide bonds. The summed E-state index contributed by atoms with van der Waals surface area (Å²) in [5.74, 6) is 1.87. The maximum atomic E-state index is 5.64. The van der Waals surface area contributed by atoms with Gasteiger partial charge >= 0.3 is 0 Å². The van der Waals surface area contributed by atoms with Gasteiger partial charge in [0.1, 0.15) is 11.5 Å². The molecule has 0 bridgehead atoms. The van der Waals surface area contributed by atoms with Crippen molar-refractivity contribution in [2.75, 3.05) is 0 Å². The smallest absolute Gasteiger partial charge is 0.134 e. The van der Waals surface area contributed by atoms with Crippen LogP contribution in [0, 0.1) is 6.92 Å². The summed E-state index contributed by atoms with van der Waals surface area (Å²) in [6.45, 7) is 4.04. The Bertz CT molecular complexity index is 386. The highest BCUT2D eigenvalue weighted by atomic mass is 16.5. The molecule has 0 saturated carbocycles. The molecule has 1 aromatic rings. The molecule has 0 saturated heterocycles. The van der Waals surface area contributed by atoms with Gasteiger partial charge in [0, 0.05) is 5.56 Å². The minimum Gasteiger partial charge on any atom is -0.457 e. The third-order valence-electron chi connectivity index (χ3n) is 2.11. The summed E-state index contributed by atoms with van der Waals surface area (Å²) in [5, 5.41) is 0. The van der Waals surface area contributed by atoms with Crippen molar-refractivity contribution in [1.29, 1.82) is 0 Å². The van der Waals surface area contributed by atoms with E-state index in [4.69, 9.17) is 4.74 Å². The van der Waals surface area contributed by atoms with Crippen molar-refractivity contribution in [3.05, 3.63) is 47.2 Å². The van der Waals surface area contributed by atoms with Crippen molar-refractivity contribution in [3.8, 4) is 5.75 Å². The standard InChI is InChI=1S/C12H12O/c1-3-11-7-6-10-5-4-9(2)8-12(10)13-11/h3-8H,1-2H3. The number of rotatable bonds is 0. The highest BCUT2D eigenvalue weighted by Gasteiger charge is 2.07. The Kier molecular flexibility index (Phi) is 1.93.